The molecule has 0 bridgehead atoms. The van der Waals surface area contributed by atoms with Crippen LogP contribution in [0.2, 0.25) is 0 Å². The van der Waals surface area contributed by atoms with E-state index in [2.05, 4.69) is 63.7 Å². The SMILES string of the molecule is CCN(CC)CCCNC(=NC)NCCc1ccc(-n2cccn2)cc1. The molecule has 0 fully saturated rings. The molecule has 0 aliphatic rings. The standard InChI is InChI=1S/C20H32N6/c1-4-25(5-2)16-6-13-22-20(21-3)23-15-12-18-8-10-19(11-9-18)26-17-7-14-24-26/h7-11,14,17H,4-6,12-13,15-16H2,1-3H3,(H2,21,22,23). The molecule has 2 aromatic rings. The summed E-state index contributed by atoms with van der Waals surface area (Å²) in [5.41, 5.74) is 2.38. The number of nitrogens with one attached hydrogen (secondary N) is 2. The Kier molecular flexibility index (Phi) is 8.69. The van der Waals surface area contributed by atoms with E-state index in [4.69, 9.17) is 0 Å². The molecule has 26 heavy (non-hydrogen) atoms. The van der Waals surface area contributed by atoms with E-state index in [1.54, 1.807) is 6.20 Å². The summed E-state index contributed by atoms with van der Waals surface area (Å²) >= 11 is 0. The molecule has 2 N–H and O–H groups in total. The lowest BCUT2D eigenvalue weighted by atomic mass is 10.1. The van der Waals surface area contributed by atoms with Crippen LogP contribution in [0.25, 0.3) is 5.69 Å². The van der Waals surface area contributed by atoms with Crippen LogP contribution in [0.5, 0.6) is 0 Å². The highest BCUT2D eigenvalue weighted by molar-refractivity contribution is 5.79. The zero-order chi connectivity index (χ0) is 18.6. The van der Waals surface area contributed by atoms with Crippen LogP contribution >= 0.6 is 0 Å². The van der Waals surface area contributed by atoms with E-state index in [1.807, 2.05) is 24.0 Å². The minimum Gasteiger partial charge on any atom is -0.356 e. The van der Waals surface area contributed by atoms with Gasteiger partial charge in [-0.2, -0.15) is 5.10 Å². The Balaban J connectivity index is 1.67. The van der Waals surface area contributed by atoms with Crippen molar-refractivity contribution in [3.8, 4) is 5.69 Å². The summed E-state index contributed by atoms with van der Waals surface area (Å²) in [6.07, 6.45) is 5.82. The quantitative estimate of drug-likeness (QED) is 0.390. The largest absolute Gasteiger partial charge is 0.356 e. The topological polar surface area (TPSA) is 57.5 Å². The first-order valence-corrected chi connectivity index (χ1v) is 9.52. The van der Waals surface area contributed by atoms with Gasteiger partial charge in [0, 0.05) is 32.5 Å². The fourth-order valence-electron chi connectivity index (χ4n) is 2.83. The molecule has 0 atom stereocenters. The van der Waals surface area contributed by atoms with Crippen LogP contribution in [0.3, 0.4) is 0 Å². The van der Waals surface area contributed by atoms with Gasteiger partial charge in [-0.05, 0) is 56.2 Å². The zero-order valence-corrected chi connectivity index (χ0v) is 16.3. The van der Waals surface area contributed by atoms with Gasteiger partial charge in [0.1, 0.15) is 0 Å². The van der Waals surface area contributed by atoms with Gasteiger partial charge in [-0.1, -0.05) is 26.0 Å². The predicted octanol–water partition coefficient (Wildman–Crippen LogP) is 2.31. The average molecular weight is 357 g/mol. The molecule has 142 valence electrons. The van der Waals surface area contributed by atoms with Crippen molar-refractivity contribution in [3.05, 3.63) is 48.3 Å². The second kappa shape index (κ2) is 11.3. The summed E-state index contributed by atoms with van der Waals surface area (Å²) < 4.78 is 1.87. The summed E-state index contributed by atoms with van der Waals surface area (Å²) in [6, 6.07) is 10.4. The van der Waals surface area contributed by atoms with Crippen molar-refractivity contribution in [2.24, 2.45) is 4.99 Å². The van der Waals surface area contributed by atoms with E-state index in [1.165, 1.54) is 5.56 Å². The van der Waals surface area contributed by atoms with Gasteiger partial charge in [0.2, 0.25) is 0 Å². The monoisotopic (exact) mass is 356 g/mol. The third kappa shape index (κ3) is 6.52. The molecule has 0 amide bonds. The van der Waals surface area contributed by atoms with Crippen molar-refractivity contribution in [1.82, 2.24) is 25.3 Å². The zero-order valence-electron chi connectivity index (χ0n) is 16.3. The lowest BCUT2D eigenvalue weighted by Gasteiger charge is -2.18. The molecule has 0 aliphatic heterocycles. The first-order valence-electron chi connectivity index (χ1n) is 9.52. The van der Waals surface area contributed by atoms with Crippen LogP contribution in [0.4, 0.5) is 0 Å². The number of hydrogen-bond acceptors (Lipinski definition) is 3. The van der Waals surface area contributed by atoms with Gasteiger partial charge in [0.25, 0.3) is 0 Å². The van der Waals surface area contributed by atoms with E-state index in [-0.39, 0.29) is 0 Å². The molecule has 1 aromatic heterocycles. The molecule has 1 heterocycles. The Morgan fingerprint density at radius 3 is 2.46 bits per heavy atom. The number of aliphatic imine (C=N–C) groups is 1. The molecule has 0 saturated carbocycles. The molecule has 2 rings (SSSR count). The second-order valence-corrected chi connectivity index (χ2v) is 6.17. The summed E-state index contributed by atoms with van der Waals surface area (Å²) in [7, 11) is 1.82. The highest BCUT2D eigenvalue weighted by Crippen LogP contribution is 2.08. The van der Waals surface area contributed by atoms with Crippen molar-refractivity contribution < 1.29 is 0 Å². The minimum atomic E-state index is 0.858. The first kappa shape index (κ1) is 20.0. The van der Waals surface area contributed by atoms with Gasteiger partial charge < -0.3 is 15.5 Å². The van der Waals surface area contributed by atoms with Crippen molar-refractivity contribution in [1.29, 1.82) is 0 Å². The molecule has 0 unspecified atom stereocenters. The van der Waals surface area contributed by atoms with Gasteiger partial charge in [0.15, 0.2) is 5.96 Å². The summed E-state index contributed by atoms with van der Waals surface area (Å²) in [5, 5.41) is 11.0. The van der Waals surface area contributed by atoms with Crippen LogP contribution in [0.1, 0.15) is 25.8 Å². The summed E-state index contributed by atoms with van der Waals surface area (Å²) in [4.78, 5) is 6.73. The molecule has 6 heteroatoms. The van der Waals surface area contributed by atoms with Crippen LogP contribution in [0, 0.1) is 0 Å². The first-order chi connectivity index (χ1) is 12.8. The van der Waals surface area contributed by atoms with Gasteiger partial charge >= 0.3 is 0 Å². The van der Waals surface area contributed by atoms with Crippen LogP contribution in [-0.4, -0.2) is 60.4 Å². The average Bonchev–Trinajstić information content (AvgIpc) is 3.22. The van der Waals surface area contributed by atoms with Crippen LogP contribution < -0.4 is 10.6 Å². The van der Waals surface area contributed by atoms with Gasteiger partial charge in [-0.3, -0.25) is 4.99 Å². The highest BCUT2D eigenvalue weighted by Gasteiger charge is 2.01. The fraction of sp³-hybridized carbons (Fsp3) is 0.500. The second-order valence-electron chi connectivity index (χ2n) is 6.17. The molecule has 0 spiro atoms. The Morgan fingerprint density at radius 2 is 1.85 bits per heavy atom. The molecular weight excluding hydrogens is 324 g/mol. The Hall–Kier alpha value is -2.34. The molecule has 1 aromatic carbocycles. The van der Waals surface area contributed by atoms with Gasteiger partial charge in [0.05, 0.1) is 5.69 Å². The van der Waals surface area contributed by atoms with E-state index in [0.717, 1.165) is 57.2 Å². The maximum Gasteiger partial charge on any atom is 0.190 e. The molecule has 6 nitrogen and oxygen atoms in total. The normalized spacial score (nSPS) is 11.8. The van der Waals surface area contributed by atoms with Crippen molar-refractivity contribution in [2.75, 3.05) is 39.8 Å². The van der Waals surface area contributed by atoms with E-state index in [9.17, 15) is 0 Å². The lowest BCUT2D eigenvalue weighted by molar-refractivity contribution is 0.300. The third-order valence-corrected chi connectivity index (χ3v) is 4.47. The third-order valence-electron chi connectivity index (χ3n) is 4.47. The van der Waals surface area contributed by atoms with Crippen molar-refractivity contribution in [2.45, 2.75) is 26.7 Å². The Labute approximate surface area is 157 Å². The maximum atomic E-state index is 4.29. The number of guanidine groups is 1. The molecular formula is C20H32N6. The lowest BCUT2D eigenvalue weighted by Crippen LogP contribution is -2.39. The highest BCUT2D eigenvalue weighted by atomic mass is 15.3. The predicted molar refractivity (Wildman–Crippen MR) is 109 cm³/mol. The number of nitrogens with zero attached hydrogens (tertiary/aromatic N) is 4. The number of hydrogen-bond donors (Lipinski definition) is 2. The van der Waals surface area contributed by atoms with E-state index in [0.29, 0.717) is 0 Å². The van der Waals surface area contributed by atoms with Crippen molar-refractivity contribution >= 4 is 5.96 Å². The van der Waals surface area contributed by atoms with E-state index < -0.39 is 0 Å². The Bertz CT molecular complexity index is 629. The molecule has 0 saturated heterocycles. The number of benzene rings is 1. The number of aromatic nitrogens is 2. The number of rotatable bonds is 10. The molecule has 0 aliphatic carbocycles. The fourth-order valence-corrected chi connectivity index (χ4v) is 2.83. The molecule has 0 radical (unpaired) electrons. The smallest absolute Gasteiger partial charge is 0.190 e. The maximum absolute atomic E-state index is 4.29. The van der Waals surface area contributed by atoms with Crippen LogP contribution in [0.15, 0.2) is 47.7 Å². The summed E-state index contributed by atoms with van der Waals surface area (Å²) in [6.45, 7) is 9.56. The van der Waals surface area contributed by atoms with Crippen LogP contribution in [-0.2, 0) is 6.42 Å². The summed E-state index contributed by atoms with van der Waals surface area (Å²) in [5.74, 6) is 0.873. The van der Waals surface area contributed by atoms with Gasteiger partial charge in [-0.25, -0.2) is 4.68 Å². The van der Waals surface area contributed by atoms with Crippen molar-refractivity contribution in [3.63, 3.8) is 0 Å². The minimum absolute atomic E-state index is 0.858. The van der Waals surface area contributed by atoms with Gasteiger partial charge in [-0.15, -0.1) is 0 Å². The van der Waals surface area contributed by atoms with E-state index >= 15 is 0 Å². The Morgan fingerprint density at radius 1 is 1.12 bits per heavy atom.